The van der Waals surface area contributed by atoms with Crippen molar-refractivity contribution in [3.63, 3.8) is 0 Å². The summed E-state index contributed by atoms with van der Waals surface area (Å²) in [5.41, 5.74) is 0. The molecule has 36 nitrogen and oxygen atoms in total. The molecule has 112 heavy (non-hydrogen) atoms. The molecule has 6 rings (SSSR count). The van der Waals surface area contributed by atoms with E-state index < -0.39 is 254 Å². The number of ether oxygens (including phenoxy) is 12. The van der Waals surface area contributed by atoms with Crippen LogP contribution in [0.1, 0.15) is 207 Å². The van der Waals surface area contributed by atoms with Crippen LogP contribution >= 0.6 is 0 Å². The maximum atomic E-state index is 13.6. The highest BCUT2D eigenvalue weighted by atomic mass is 16.8. The fraction of sp³-hybridized carbons (Fsp3) is 0.934. The van der Waals surface area contributed by atoms with Gasteiger partial charge in [0.05, 0.1) is 58.4 Å². The van der Waals surface area contributed by atoms with Gasteiger partial charge >= 0.3 is 0 Å². The van der Waals surface area contributed by atoms with Gasteiger partial charge in [-0.2, -0.15) is 0 Å². The van der Waals surface area contributed by atoms with Crippen LogP contribution in [0.4, 0.5) is 0 Å². The van der Waals surface area contributed by atoms with Gasteiger partial charge < -0.3 is 165 Å². The van der Waals surface area contributed by atoms with Crippen LogP contribution in [0.25, 0.3) is 0 Å². The van der Waals surface area contributed by atoms with Crippen LogP contribution in [-0.4, -0.2) is 352 Å². The molecule has 0 bridgehead atoms. The van der Waals surface area contributed by atoms with E-state index in [0.717, 1.165) is 65.2 Å². The molecule has 0 aromatic rings. The zero-order valence-corrected chi connectivity index (χ0v) is 65.6. The molecule has 36 heteroatoms. The van der Waals surface area contributed by atoms with Gasteiger partial charge in [0, 0.05) is 20.3 Å². The highest BCUT2D eigenvalue weighted by Gasteiger charge is 2.59. The van der Waals surface area contributed by atoms with Crippen LogP contribution in [0.15, 0.2) is 12.2 Å². The Morgan fingerprint density at radius 1 is 0.348 bits per heavy atom. The van der Waals surface area contributed by atoms with Crippen molar-refractivity contribution in [2.75, 3.05) is 46.2 Å². The fourth-order valence-electron chi connectivity index (χ4n) is 15.1. The largest absolute Gasteiger partial charge is 0.394 e. The summed E-state index contributed by atoms with van der Waals surface area (Å²) in [6.45, 7) is -0.151. The predicted molar refractivity (Wildman–Crippen MR) is 394 cm³/mol. The summed E-state index contributed by atoms with van der Waals surface area (Å²) in [7, 11) is 0. The van der Waals surface area contributed by atoms with Crippen LogP contribution < -0.4 is 16.0 Å². The molecule has 6 fully saturated rings. The molecule has 0 aliphatic carbocycles. The first-order valence-corrected chi connectivity index (χ1v) is 41.0. The molecule has 6 heterocycles. The summed E-state index contributed by atoms with van der Waals surface area (Å²) in [5.74, 6) is -2.08. The first-order chi connectivity index (χ1) is 53.8. The fourth-order valence-corrected chi connectivity index (χ4v) is 15.1. The summed E-state index contributed by atoms with van der Waals surface area (Å²) in [6, 6.07) is -4.75. The van der Waals surface area contributed by atoms with E-state index in [0.29, 0.717) is 12.8 Å². The van der Waals surface area contributed by atoms with Gasteiger partial charge in [-0.1, -0.05) is 180 Å². The number of carbonyl (C=O) groups excluding carboxylic acids is 3. The first-order valence-electron chi connectivity index (χ1n) is 41.0. The molecule has 6 saturated heterocycles. The van der Waals surface area contributed by atoms with Crippen molar-refractivity contribution in [1.82, 2.24) is 16.0 Å². The van der Waals surface area contributed by atoms with Crippen LogP contribution in [-0.2, 0) is 71.2 Å². The Bertz CT molecular complexity index is 2600. The summed E-state index contributed by atoms with van der Waals surface area (Å²) in [5, 5.41) is 208. The van der Waals surface area contributed by atoms with Crippen molar-refractivity contribution in [2.45, 2.75) is 404 Å². The van der Waals surface area contributed by atoms with Gasteiger partial charge in [0.1, 0.15) is 146 Å². The van der Waals surface area contributed by atoms with E-state index >= 15 is 0 Å². The second kappa shape index (κ2) is 52.1. The molecule has 12 unspecified atom stereocenters. The number of unbranched alkanes of at least 4 members (excludes halogenated alkanes) is 25. The predicted octanol–water partition coefficient (Wildman–Crippen LogP) is -2.42. The lowest BCUT2D eigenvalue weighted by Crippen LogP contribution is -2.71. The zero-order chi connectivity index (χ0) is 82.0. The highest BCUT2D eigenvalue weighted by Crippen LogP contribution is 2.39. The maximum Gasteiger partial charge on any atom is 0.220 e. The molecule has 0 aromatic carbocycles. The van der Waals surface area contributed by atoms with E-state index in [4.69, 9.17) is 56.8 Å². The van der Waals surface area contributed by atoms with Crippen LogP contribution in [0.5, 0.6) is 0 Å². The normalized spacial score (nSPS) is 37.2. The Morgan fingerprint density at radius 3 is 1.16 bits per heavy atom. The minimum absolute atomic E-state index is 0.150. The number of aliphatic hydroxyl groups excluding tert-OH is 18. The number of hydrogen-bond donors (Lipinski definition) is 21. The highest BCUT2D eigenvalue weighted by molar-refractivity contribution is 5.76. The van der Waals surface area contributed by atoms with E-state index in [2.05, 4.69) is 29.8 Å². The van der Waals surface area contributed by atoms with E-state index in [1.165, 1.54) is 109 Å². The van der Waals surface area contributed by atoms with Crippen molar-refractivity contribution < 1.29 is 163 Å². The van der Waals surface area contributed by atoms with Gasteiger partial charge in [-0.05, 0) is 19.3 Å². The standard InChI is InChI=1S/C76H137N3O33/c1-5-7-9-11-13-15-17-19-20-22-24-26-28-30-32-34-52(89)79-44(45(88)33-31-29-27-25-23-21-18-16-14-12-10-8-6-2)41-101-73-63(98)61(96)67(50(39-84)106-73)109-76-65(100)70(68(51(40-85)107-76)110-71-53(77-42(3)86)58(93)55(90)46(35-80)102-71)112-72-54(78-43(4)87)59(94)66(49(38-83)105-72)108-75-64(99)69(57(92)48(37-82)104-75)111-74-62(97)60(95)56(91)47(36-81)103-74/h31,33,44-51,53-76,80-85,88,90-100H,5-30,32,34-41H2,1-4H3,(H,77,86)(H,78,87)(H,79,89)/b33-31+/t44-,45+,46?,47?,48?,49?,50?,51?,53?,54?,55-,56-,57-,58+,59+,60-,61+,62?,63?,64?,65?,66+,67+,68-,69-,70+,71-,72-,73+,74+,75-,76-/m0/s1. The Labute approximate surface area is 656 Å². The van der Waals surface area contributed by atoms with E-state index in [1.54, 1.807) is 6.08 Å². The average Bonchev–Trinajstić information content (AvgIpc) is 0.758. The minimum Gasteiger partial charge on any atom is -0.394 e. The number of carbonyl (C=O) groups is 3. The van der Waals surface area contributed by atoms with Crippen LogP contribution in [0.2, 0.25) is 0 Å². The topological polar surface area (TPSA) is 562 Å². The molecule has 21 N–H and O–H groups in total. The number of aliphatic hydroxyl groups is 18. The minimum atomic E-state index is -2.35. The van der Waals surface area contributed by atoms with Crippen molar-refractivity contribution in [3.05, 3.63) is 12.2 Å². The van der Waals surface area contributed by atoms with E-state index in [1.807, 2.05) is 6.08 Å². The Balaban J connectivity index is 1.20. The van der Waals surface area contributed by atoms with Crippen molar-refractivity contribution in [2.24, 2.45) is 0 Å². The molecule has 32 atom stereocenters. The lowest BCUT2D eigenvalue weighted by Gasteiger charge is -2.51. The molecular formula is C76H137N3O33. The molecule has 0 radical (unpaired) electrons. The van der Waals surface area contributed by atoms with Crippen molar-refractivity contribution in [1.29, 1.82) is 0 Å². The Morgan fingerprint density at radius 2 is 0.688 bits per heavy atom. The molecule has 654 valence electrons. The van der Waals surface area contributed by atoms with E-state index in [9.17, 15) is 106 Å². The SMILES string of the molecule is CCCCCCCCCCCCC/C=C/[C@@H](O)[C@H](CO[C@@H]1OC(CO)[C@@H](O[C@@H]2OC(CO)[C@H](O[C@@H]3OC(CO)[C@H](O)[C@H](O)C3NC(C)=O)[C@H](O[C@@H]3OC(CO)[C@@H](O[C@@H]4OC(CO)[C@H](O)[C@H](O[C@H]5OC(CO)[C@H](O)[C@H](O)C5O)C4O)[C@H](O)C3NC(C)=O)C2O)[C@H](O)C1O)NC(=O)CCCCCCCCCCCCCCCCC. The molecule has 0 aromatic heterocycles. The van der Waals surface area contributed by atoms with Gasteiger partial charge in [-0.25, -0.2) is 0 Å². The average molecular weight is 1620 g/mol. The van der Waals surface area contributed by atoms with Crippen molar-refractivity contribution >= 4 is 17.7 Å². The van der Waals surface area contributed by atoms with Crippen LogP contribution in [0.3, 0.4) is 0 Å². The maximum absolute atomic E-state index is 13.6. The first kappa shape index (κ1) is 97.8. The molecule has 0 saturated carbocycles. The number of nitrogens with one attached hydrogen (secondary N) is 3. The lowest BCUT2D eigenvalue weighted by molar-refractivity contribution is -0.397. The van der Waals surface area contributed by atoms with Gasteiger partial charge in [0.15, 0.2) is 37.7 Å². The van der Waals surface area contributed by atoms with Gasteiger partial charge in [-0.3, -0.25) is 14.4 Å². The van der Waals surface area contributed by atoms with Gasteiger partial charge in [-0.15, -0.1) is 0 Å². The number of hydrogen-bond acceptors (Lipinski definition) is 33. The second-order valence-corrected chi connectivity index (χ2v) is 30.7. The molecule has 3 amide bonds. The number of allylic oxidation sites excluding steroid dienone is 1. The zero-order valence-electron chi connectivity index (χ0n) is 65.6. The van der Waals surface area contributed by atoms with E-state index in [-0.39, 0.29) is 12.3 Å². The summed E-state index contributed by atoms with van der Waals surface area (Å²) >= 11 is 0. The smallest absolute Gasteiger partial charge is 0.220 e. The van der Waals surface area contributed by atoms with Crippen molar-refractivity contribution in [3.8, 4) is 0 Å². The third kappa shape index (κ3) is 29.4. The van der Waals surface area contributed by atoms with Crippen LogP contribution in [0, 0.1) is 0 Å². The number of rotatable bonds is 52. The summed E-state index contributed by atoms with van der Waals surface area (Å²) in [4.78, 5) is 39.4. The molecular weight excluding hydrogens is 1480 g/mol. The third-order valence-corrected chi connectivity index (χ3v) is 21.7. The lowest BCUT2D eigenvalue weighted by atomic mass is 9.93. The number of amides is 3. The third-order valence-electron chi connectivity index (χ3n) is 21.7. The monoisotopic (exact) mass is 1620 g/mol. The molecule has 6 aliphatic rings. The quantitative estimate of drug-likeness (QED) is 0.0222. The Kier molecular flexibility index (Phi) is 45.5. The van der Waals surface area contributed by atoms with Gasteiger partial charge in [0.2, 0.25) is 17.7 Å². The summed E-state index contributed by atoms with van der Waals surface area (Å²) < 4.78 is 72.0. The Hall–Kier alpha value is -3.05. The second-order valence-electron chi connectivity index (χ2n) is 30.7. The van der Waals surface area contributed by atoms with Gasteiger partial charge in [0.25, 0.3) is 0 Å². The molecule has 6 aliphatic heterocycles. The summed E-state index contributed by atoms with van der Waals surface area (Å²) in [6.07, 6.45) is -22.2. The molecule has 0 spiro atoms.